The van der Waals surface area contributed by atoms with E-state index in [2.05, 4.69) is 0 Å². The van der Waals surface area contributed by atoms with Gasteiger partial charge in [0.1, 0.15) is 0 Å². The molecule has 2 aromatic heterocycles. The number of ketones is 4. The Bertz CT molecular complexity index is 1110. The predicted molar refractivity (Wildman–Crippen MR) is 148 cm³/mol. The average Bonchev–Trinajstić information content (AvgIpc) is 3.65. The molecule has 0 saturated heterocycles. The van der Waals surface area contributed by atoms with Crippen LogP contribution in [0.15, 0.2) is 95.7 Å². The molecule has 4 rings (SSSR count). The molecule has 0 atom stereocenters. The quantitative estimate of drug-likeness (QED) is 0.128. The zero-order valence-corrected chi connectivity index (χ0v) is 24.8. The molecule has 0 fully saturated rings. The molecule has 0 aliphatic rings. The maximum Gasteiger partial charge on any atom is 0.0768 e. The average molecular weight is 597 g/mol. The second-order valence-corrected chi connectivity index (χ2v) is 9.48. The number of hydrogen-bond acceptors (Lipinski definition) is 8. The van der Waals surface area contributed by atoms with Crippen LogP contribution in [0.3, 0.4) is 0 Å². The third-order valence-corrected chi connectivity index (χ3v) is 5.93. The molecule has 0 radical (unpaired) electrons. The molecule has 0 amide bonds. The van der Waals surface area contributed by atoms with Crippen molar-refractivity contribution in [1.82, 2.24) is 0 Å². The standard InChI is InChI=1S/2C10H9O2.2C5H5OS.Ti/c2*1-8(11)7-10(12)9-5-3-2-4-6-9;2*6-4-5-2-1-3-7-5;/h2*2-7H,1H3;2*1-3H,4H2;/q4*-1;. The van der Waals surface area contributed by atoms with E-state index in [0.29, 0.717) is 11.1 Å². The second kappa shape index (κ2) is 21.8. The summed E-state index contributed by atoms with van der Waals surface area (Å²) in [6.45, 7) is 2.58. The normalized spacial score (nSPS) is 8.92. The third kappa shape index (κ3) is 17.2. The minimum atomic E-state index is -0.233. The third-order valence-electron chi connectivity index (χ3n) is 4.23. The Kier molecular flexibility index (Phi) is 20.1. The molecule has 6 nitrogen and oxygen atoms in total. The first-order valence-electron chi connectivity index (χ1n) is 11.4. The van der Waals surface area contributed by atoms with Crippen molar-refractivity contribution in [3.05, 3.63) is 129 Å². The van der Waals surface area contributed by atoms with E-state index in [9.17, 15) is 29.4 Å². The van der Waals surface area contributed by atoms with Crippen LogP contribution in [0.25, 0.3) is 0 Å². The summed E-state index contributed by atoms with van der Waals surface area (Å²) in [6, 6.07) is 24.9. The molecule has 0 spiro atoms. The Labute approximate surface area is 252 Å². The number of carbonyl (C=O) groups is 4. The van der Waals surface area contributed by atoms with E-state index in [0.717, 1.165) is 22.6 Å². The Morgan fingerprint density at radius 3 is 1.13 bits per heavy atom. The molecule has 9 heteroatoms. The summed E-state index contributed by atoms with van der Waals surface area (Å²) in [5.74, 6) is -0.904. The zero-order chi connectivity index (χ0) is 28.2. The maximum absolute atomic E-state index is 11.2. The van der Waals surface area contributed by atoms with E-state index in [1.807, 2.05) is 47.2 Å². The van der Waals surface area contributed by atoms with Crippen molar-refractivity contribution < 1.29 is 51.1 Å². The van der Waals surface area contributed by atoms with Gasteiger partial charge >= 0.3 is 0 Å². The van der Waals surface area contributed by atoms with Gasteiger partial charge in [0.25, 0.3) is 0 Å². The molecule has 0 saturated carbocycles. The number of carbonyl (C=O) groups excluding carboxylic acids is 4. The van der Waals surface area contributed by atoms with Crippen molar-refractivity contribution in [2.45, 2.75) is 27.1 Å². The van der Waals surface area contributed by atoms with Gasteiger partial charge in [0.05, 0.1) is 11.6 Å². The zero-order valence-electron chi connectivity index (χ0n) is 21.6. The van der Waals surface area contributed by atoms with Gasteiger partial charge in [-0.3, -0.25) is 0 Å². The van der Waals surface area contributed by atoms with Gasteiger partial charge in [-0.25, -0.2) is 0 Å². The molecule has 4 aromatic rings. The number of thiophene rings is 2. The van der Waals surface area contributed by atoms with Crippen LogP contribution in [0.5, 0.6) is 0 Å². The number of rotatable bonds is 8. The van der Waals surface area contributed by atoms with E-state index < -0.39 is 0 Å². The molecule has 0 aliphatic heterocycles. The van der Waals surface area contributed by atoms with Crippen molar-refractivity contribution in [3.8, 4) is 0 Å². The summed E-state index contributed by atoms with van der Waals surface area (Å²) in [5.41, 5.74) is 1.10. The summed E-state index contributed by atoms with van der Waals surface area (Å²) in [7, 11) is 0. The van der Waals surface area contributed by atoms with Crippen molar-refractivity contribution in [1.29, 1.82) is 0 Å². The van der Waals surface area contributed by atoms with Crippen molar-refractivity contribution in [3.63, 3.8) is 0 Å². The minimum absolute atomic E-state index is 0. The molecule has 204 valence electrons. The van der Waals surface area contributed by atoms with Crippen LogP contribution in [-0.4, -0.2) is 23.1 Å². The van der Waals surface area contributed by atoms with Crippen LogP contribution >= 0.6 is 22.7 Å². The van der Waals surface area contributed by atoms with Crippen molar-refractivity contribution in [2.75, 3.05) is 0 Å². The van der Waals surface area contributed by atoms with Gasteiger partial charge in [0.2, 0.25) is 0 Å². The van der Waals surface area contributed by atoms with Crippen molar-refractivity contribution in [2.24, 2.45) is 0 Å². The summed E-state index contributed by atoms with van der Waals surface area (Å²) in [6.07, 6.45) is 2.19. The molecule has 0 unspecified atom stereocenters. The van der Waals surface area contributed by atoms with Gasteiger partial charge in [0, 0.05) is 33.3 Å². The number of hydrogen-bond donors (Lipinski definition) is 0. The molecule has 2 aromatic carbocycles. The van der Waals surface area contributed by atoms with Gasteiger partial charge in [-0.2, -0.15) is 22.7 Å². The first-order chi connectivity index (χ1) is 18.3. The smallest absolute Gasteiger partial charge is 0.0768 e. The maximum atomic E-state index is 11.2. The Morgan fingerprint density at radius 1 is 0.590 bits per heavy atom. The summed E-state index contributed by atoms with van der Waals surface area (Å²) < 4.78 is 0. The van der Waals surface area contributed by atoms with Gasteiger partial charge in [-0.1, -0.05) is 48.5 Å². The van der Waals surface area contributed by atoms with Crippen LogP contribution < -0.4 is 10.2 Å². The van der Waals surface area contributed by atoms with Crippen LogP contribution in [0.2, 0.25) is 0 Å². The molecule has 39 heavy (non-hydrogen) atoms. The molecule has 0 N–H and O–H groups in total. The van der Waals surface area contributed by atoms with Crippen LogP contribution in [0, 0.1) is 12.8 Å². The fourth-order valence-electron chi connectivity index (χ4n) is 2.53. The summed E-state index contributed by atoms with van der Waals surface area (Å²) in [4.78, 5) is 45.3. The largest absolute Gasteiger partial charge is 0.850 e. The molecule has 0 aliphatic carbocycles. The first-order valence-corrected chi connectivity index (χ1v) is 13.1. The molecular formula is C30H28O6S2Ti-4. The summed E-state index contributed by atoms with van der Waals surface area (Å²) in [5, 5.41) is 23.8. The topological polar surface area (TPSA) is 114 Å². The van der Waals surface area contributed by atoms with E-state index in [-0.39, 0.29) is 58.1 Å². The minimum Gasteiger partial charge on any atom is -0.850 e. The van der Waals surface area contributed by atoms with Crippen molar-refractivity contribution >= 4 is 45.8 Å². The van der Waals surface area contributed by atoms with Gasteiger partial charge < -0.3 is 29.4 Å². The van der Waals surface area contributed by atoms with Crippen LogP contribution in [0.1, 0.15) is 44.3 Å². The Hall–Kier alpha value is -3.11. The summed E-state index contributed by atoms with van der Waals surface area (Å²) >= 11 is 3.02. The fraction of sp³-hybridized carbons (Fsp3) is 0.133. The Balaban J connectivity index is 0.000000504. The predicted octanol–water partition coefficient (Wildman–Crippen LogP) is 4.54. The van der Waals surface area contributed by atoms with E-state index in [1.54, 1.807) is 48.5 Å². The SMILES string of the molecule is CC(=O)[CH-]C(=O)c1ccccc1.CC(=O)[CH-]C(=O)c1ccccc1.[O-]Cc1cccs1.[O-]Cc1cccs1.[Ti]. The number of Topliss-reactive ketones (excluding diaryl/α,β-unsaturated/α-hetero) is 4. The van der Waals surface area contributed by atoms with Crippen LogP contribution in [-0.2, 0) is 44.5 Å². The fourth-order valence-corrected chi connectivity index (χ4v) is 3.64. The molecule has 2 heterocycles. The van der Waals surface area contributed by atoms with Gasteiger partial charge in [-0.05, 0) is 46.5 Å². The van der Waals surface area contributed by atoms with Crippen LogP contribution in [0.4, 0.5) is 0 Å². The Morgan fingerprint density at radius 2 is 0.923 bits per heavy atom. The first kappa shape index (κ1) is 35.9. The van der Waals surface area contributed by atoms with E-state index >= 15 is 0 Å². The number of benzene rings is 2. The second-order valence-electron chi connectivity index (χ2n) is 7.42. The van der Waals surface area contributed by atoms with E-state index in [1.165, 1.54) is 36.5 Å². The van der Waals surface area contributed by atoms with Gasteiger partial charge in [0.15, 0.2) is 0 Å². The molecular weight excluding hydrogens is 568 g/mol. The monoisotopic (exact) mass is 596 g/mol. The van der Waals surface area contributed by atoms with E-state index in [4.69, 9.17) is 0 Å². The molecule has 0 bridgehead atoms. The van der Waals surface area contributed by atoms with Gasteiger partial charge in [-0.15, -0.1) is 61.4 Å².